The van der Waals surface area contributed by atoms with Crippen LogP contribution in [0.25, 0.3) is 0 Å². The van der Waals surface area contributed by atoms with Crippen molar-refractivity contribution in [2.24, 2.45) is 5.73 Å². The van der Waals surface area contributed by atoms with Crippen LogP contribution in [0.1, 0.15) is 65.7 Å². The number of nitrogens with two attached hydrogens (primary N) is 1. The Morgan fingerprint density at radius 2 is 1.85 bits per heavy atom. The van der Waals surface area contributed by atoms with Gasteiger partial charge in [-0.15, -0.1) is 6.58 Å². The Labute approximate surface area is 160 Å². The molecular weight excluding hydrogens is 344 g/mol. The van der Waals surface area contributed by atoms with Gasteiger partial charge in [-0.2, -0.15) is 0 Å². The number of unbranched alkanes of at least 4 members (excludes halogenated alkanes) is 4. The Hall–Kier alpha value is -1.14. The molecule has 0 unspecified atom stereocenters. The molecule has 0 aromatic rings. The van der Waals surface area contributed by atoms with Crippen LogP contribution in [-0.4, -0.2) is 43.7 Å². The molecule has 1 rings (SSSR count). The molecule has 26 heavy (non-hydrogen) atoms. The standard InChI is InChI=1S/C20H38N2O3Si/c1-7-8-9-10-11-12-13-18(23)22-15-16(14-17(22)19(21)24)25-26(5,6)20(2,3)4/h7,16-17H,1,8-15H2,2-6H3,(H2,21,24)/t16-,17+/m1/s1. The van der Waals surface area contributed by atoms with E-state index in [4.69, 9.17) is 10.2 Å². The van der Waals surface area contributed by atoms with Crippen LogP contribution >= 0.6 is 0 Å². The molecule has 1 saturated heterocycles. The third kappa shape index (κ3) is 6.54. The van der Waals surface area contributed by atoms with E-state index in [0.717, 1.165) is 32.1 Å². The maximum absolute atomic E-state index is 12.6. The summed E-state index contributed by atoms with van der Waals surface area (Å²) in [6.45, 7) is 15.2. The molecule has 0 aliphatic carbocycles. The smallest absolute Gasteiger partial charge is 0.240 e. The van der Waals surface area contributed by atoms with Crippen LogP contribution in [-0.2, 0) is 14.0 Å². The minimum atomic E-state index is -1.94. The molecule has 2 N–H and O–H groups in total. The lowest BCUT2D eigenvalue weighted by Crippen LogP contribution is -2.45. The van der Waals surface area contributed by atoms with Crippen molar-refractivity contribution >= 4 is 20.1 Å². The first-order valence-electron chi connectivity index (χ1n) is 9.87. The average molecular weight is 383 g/mol. The topological polar surface area (TPSA) is 72.6 Å². The van der Waals surface area contributed by atoms with Gasteiger partial charge < -0.3 is 15.1 Å². The molecule has 1 heterocycles. The number of carbonyl (C=O) groups excluding carboxylic acids is 2. The van der Waals surface area contributed by atoms with Gasteiger partial charge in [0.25, 0.3) is 0 Å². The number of primary amides is 1. The summed E-state index contributed by atoms with van der Waals surface area (Å²) in [6, 6.07) is -0.530. The van der Waals surface area contributed by atoms with Crippen LogP contribution in [0.3, 0.4) is 0 Å². The van der Waals surface area contributed by atoms with Gasteiger partial charge >= 0.3 is 0 Å². The van der Waals surface area contributed by atoms with Gasteiger partial charge in [-0.25, -0.2) is 0 Å². The van der Waals surface area contributed by atoms with Gasteiger partial charge in [0.05, 0.1) is 6.10 Å². The van der Waals surface area contributed by atoms with Crippen molar-refractivity contribution < 1.29 is 14.0 Å². The van der Waals surface area contributed by atoms with Crippen LogP contribution in [0.5, 0.6) is 0 Å². The molecule has 6 heteroatoms. The van der Waals surface area contributed by atoms with Crippen LogP contribution in [0.4, 0.5) is 0 Å². The molecule has 5 nitrogen and oxygen atoms in total. The maximum Gasteiger partial charge on any atom is 0.240 e. The molecule has 0 aromatic heterocycles. The lowest BCUT2D eigenvalue weighted by molar-refractivity contribution is -0.137. The first kappa shape index (κ1) is 22.9. The van der Waals surface area contributed by atoms with E-state index < -0.39 is 20.3 Å². The first-order valence-corrected chi connectivity index (χ1v) is 12.8. The number of nitrogens with zero attached hydrogens (tertiary/aromatic N) is 1. The molecule has 2 atom stereocenters. The molecule has 1 fully saturated rings. The molecule has 0 bridgehead atoms. The van der Waals surface area contributed by atoms with Crippen molar-refractivity contribution in [1.29, 1.82) is 0 Å². The lowest BCUT2D eigenvalue weighted by atomic mass is 10.1. The zero-order valence-corrected chi connectivity index (χ0v) is 18.3. The molecule has 2 amide bonds. The Bertz CT molecular complexity index is 500. The second-order valence-electron chi connectivity index (χ2n) is 8.94. The van der Waals surface area contributed by atoms with Crippen LogP contribution in [0.2, 0.25) is 18.1 Å². The maximum atomic E-state index is 12.6. The largest absolute Gasteiger partial charge is 0.412 e. The number of amides is 2. The molecule has 0 spiro atoms. The van der Waals surface area contributed by atoms with Crippen LogP contribution in [0, 0.1) is 0 Å². The van der Waals surface area contributed by atoms with E-state index in [-0.39, 0.29) is 17.0 Å². The van der Waals surface area contributed by atoms with E-state index in [2.05, 4.69) is 40.4 Å². The predicted molar refractivity (Wildman–Crippen MR) is 109 cm³/mol. The highest BCUT2D eigenvalue weighted by molar-refractivity contribution is 6.74. The van der Waals surface area contributed by atoms with Gasteiger partial charge in [-0.3, -0.25) is 9.59 Å². The van der Waals surface area contributed by atoms with E-state index in [1.54, 1.807) is 4.90 Å². The summed E-state index contributed by atoms with van der Waals surface area (Å²) in [4.78, 5) is 26.1. The number of allylic oxidation sites excluding steroid dienone is 1. The van der Waals surface area contributed by atoms with Gasteiger partial charge in [-0.1, -0.05) is 39.7 Å². The number of rotatable bonds is 10. The van der Waals surface area contributed by atoms with Crippen LogP contribution in [0.15, 0.2) is 12.7 Å². The van der Waals surface area contributed by atoms with E-state index in [0.29, 0.717) is 19.4 Å². The van der Waals surface area contributed by atoms with Gasteiger partial charge in [-0.05, 0) is 37.4 Å². The lowest BCUT2D eigenvalue weighted by Gasteiger charge is -2.38. The Kier molecular flexibility index (Phi) is 8.54. The molecule has 0 aromatic carbocycles. The normalized spacial score (nSPS) is 21.0. The fourth-order valence-electron chi connectivity index (χ4n) is 3.08. The van der Waals surface area contributed by atoms with E-state index in [1.807, 2.05) is 6.08 Å². The van der Waals surface area contributed by atoms with E-state index in [1.165, 1.54) is 0 Å². The van der Waals surface area contributed by atoms with Crippen molar-refractivity contribution in [2.75, 3.05) is 6.54 Å². The molecule has 0 saturated carbocycles. The molecular formula is C20H38N2O3Si. The zero-order valence-electron chi connectivity index (χ0n) is 17.3. The number of carbonyl (C=O) groups is 2. The highest BCUT2D eigenvalue weighted by atomic mass is 28.4. The number of likely N-dealkylation sites (tertiary alicyclic amines) is 1. The highest BCUT2D eigenvalue weighted by Crippen LogP contribution is 2.39. The summed E-state index contributed by atoms with van der Waals surface area (Å²) in [5, 5.41) is 0.0953. The summed E-state index contributed by atoms with van der Waals surface area (Å²) < 4.78 is 6.42. The second kappa shape index (κ2) is 9.69. The summed E-state index contributed by atoms with van der Waals surface area (Å²) in [6.07, 6.45) is 7.96. The van der Waals surface area contributed by atoms with Gasteiger partial charge in [0.15, 0.2) is 8.32 Å². The van der Waals surface area contributed by atoms with E-state index >= 15 is 0 Å². The summed E-state index contributed by atoms with van der Waals surface area (Å²) in [7, 11) is -1.94. The van der Waals surface area contributed by atoms with Crippen LogP contribution < -0.4 is 5.73 Å². The number of hydrogen-bond donors (Lipinski definition) is 1. The van der Waals surface area contributed by atoms with Crippen molar-refractivity contribution in [3.8, 4) is 0 Å². The monoisotopic (exact) mass is 382 g/mol. The summed E-state index contributed by atoms with van der Waals surface area (Å²) >= 11 is 0. The second-order valence-corrected chi connectivity index (χ2v) is 13.7. The quantitative estimate of drug-likeness (QED) is 0.353. The fraction of sp³-hybridized carbons (Fsp3) is 0.800. The third-order valence-corrected chi connectivity index (χ3v) is 10.3. The summed E-state index contributed by atoms with van der Waals surface area (Å²) in [5.74, 6) is -0.399. The number of hydrogen-bond acceptors (Lipinski definition) is 3. The zero-order chi connectivity index (χ0) is 20.0. The Morgan fingerprint density at radius 3 is 2.38 bits per heavy atom. The minimum Gasteiger partial charge on any atom is -0.412 e. The van der Waals surface area contributed by atoms with Crippen molar-refractivity contribution in [2.45, 2.75) is 96.0 Å². The molecule has 0 radical (unpaired) electrons. The van der Waals surface area contributed by atoms with Crippen molar-refractivity contribution in [1.82, 2.24) is 4.90 Å². The van der Waals surface area contributed by atoms with Crippen molar-refractivity contribution in [3.05, 3.63) is 12.7 Å². The van der Waals surface area contributed by atoms with E-state index in [9.17, 15) is 9.59 Å². The predicted octanol–water partition coefficient (Wildman–Crippen LogP) is 3.99. The fourth-order valence-corrected chi connectivity index (χ4v) is 4.44. The Morgan fingerprint density at radius 1 is 1.23 bits per heavy atom. The molecule has 1 aliphatic rings. The third-order valence-electron chi connectivity index (χ3n) is 5.73. The van der Waals surface area contributed by atoms with Crippen molar-refractivity contribution in [3.63, 3.8) is 0 Å². The molecule has 1 aliphatic heterocycles. The molecule has 150 valence electrons. The average Bonchev–Trinajstić information content (AvgIpc) is 2.93. The van der Waals surface area contributed by atoms with Gasteiger partial charge in [0.2, 0.25) is 11.8 Å². The minimum absolute atomic E-state index is 0.0267. The summed E-state index contributed by atoms with van der Waals surface area (Å²) in [5.41, 5.74) is 5.56. The first-order chi connectivity index (χ1) is 12.0. The van der Waals surface area contributed by atoms with Gasteiger partial charge in [0, 0.05) is 19.4 Å². The SMILES string of the molecule is C=CCCCCCCC(=O)N1C[C@H](O[Si](C)(C)C(C)(C)C)C[C@H]1C(N)=O. The Balaban J connectivity index is 2.59. The highest BCUT2D eigenvalue weighted by Gasteiger charge is 2.44. The van der Waals surface area contributed by atoms with Gasteiger partial charge in [0.1, 0.15) is 6.04 Å².